The predicted octanol–water partition coefficient (Wildman–Crippen LogP) is 4.92. The van der Waals surface area contributed by atoms with E-state index >= 15 is 0 Å². The molecule has 1 aliphatic rings. The number of unbranched alkanes of at least 4 members (excludes halogenated alkanes) is 1. The van der Waals surface area contributed by atoms with E-state index in [1.807, 2.05) is 47.5 Å². The second kappa shape index (κ2) is 8.23. The second-order valence-corrected chi connectivity index (χ2v) is 5.86. The topological polar surface area (TPSA) is 37.2 Å². The molecule has 2 aromatic carbocycles. The van der Waals surface area contributed by atoms with Crippen molar-refractivity contribution in [1.29, 1.82) is 0 Å². The van der Waals surface area contributed by atoms with Gasteiger partial charge in [-0.2, -0.15) is 0 Å². The summed E-state index contributed by atoms with van der Waals surface area (Å²) in [6, 6.07) is 18.2. The molecular weight excluding hydrogens is 298 g/mol. The van der Waals surface area contributed by atoms with Gasteiger partial charge >= 0.3 is 6.34 Å². The van der Waals surface area contributed by atoms with E-state index in [-0.39, 0.29) is 0 Å². The molecule has 0 saturated heterocycles. The van der Waals surface area contributed by atoms with Crippen molar-refractivity contribution in [3.8, 4) is 11.5 Å². The number of rotatable bonds is 8. The van der Waals surface area contributed by atoms with Crippen molar-refractivity contribution in [3.63, 3.8) is 0 Å². The molecule has 2 aromatic rings. The summed E-state index contributed by atoms with van der Waals surface area (Å²) in [7, 11) is 0. The Labute approximate surface area is 143 Å². The normalized spacial score (nSPS) is 13.8. The first-order valence-electron chi connectivity index (χ1n) is 8.44. The third kappa shape index (κ3) is 4.18. The van der Waals surface area contributed by atoms with E-state index in [0.29, 0.717) is 5.92 Å². The molecule has 4 nitrogen and oxygen atoms in total. The fourth-order valence-electron chi connectivity index (χ4n) is 2.84. The molecule has 1 heterocycles. The van der Waals surface area contributed by atoms with Gasteiger partial charge in [0.2, 0.25) is 0 Å². The maximum atomic E-state index is 6.14. The Hall–Kier alpha value is -2.71. The van der Waals surface area contributed by atoms with Gasteiger partial charge in [-0.1, -0.05) is 56.2 Å². The summed E-state index contributed by atoms with van der Waals surface area (Å²) >= 11 is 0. The van der Waals surface area contributed by atoms with Gasteiger partial charge in [0.05, 0.1) is 6.54 Å². The number of para-hydroxylation sites is 2. The van der Waals surface area contributed by atoms with E-state index in [1.165, 1.54) is 18.4 Å². The first kappa shape index (κ1) is 16.2. The minimum Gasteiger partial charge on any atom is -0.457 e. The van der Waals surface area contributed by atoms with Gasteiger partial charge in [0.25, 0.3) is 6.34 Å². The Kier molecular flexibility index (Phi) is 5.54. The number of benzene rings is 2. The minimum atomic E-state index is 0.333. The molecule has 0 amide bonds. The van der Waals surface area contributed by atoms with Gasteiger partial charge in [0.15, 0.2) is 0 Å². The average Bonchev–Trinajstić information content (AvgIpc) is 3.13. The van der Waals surface area contributed by atoms with Crippen molar-refractivity contribution in [1.82, 2.24) is 5.01 Å². The first-order valence-corrected chi connectivity index (χ1v) is 8.44. The van der Waals surface area contributed by atoms with Crippen LogP contribution < -0.4 is 4.74 Å². The van der Waals surface area contributed by atoms with Gasteiger partial charge in [0.1, 0.15) is 11.5 Å². The molecule has 1 atom stereocenters. The highest BCUT2D eigenvalue weighted by molar-refractivity contribution is 5.75. The van der Waals surface area contributed by atoms with Crippen LogP contribution >= 0.6 is 0 Å². The van der Waals surface area contributed by atoms with Crippen LogP contribution in [0.3, 0.4) is 0 Å². The van der Waals surface area contributed by atoms with Crippen LogP contribution in [0.5, 0.6) is 11.5 Å². The molecule has 0 saturated carbocycles. The van der Waals surface area contributed by atoms with Crippen molar-refractivity contribution < 1.29 is 4.74 Å². The highest BCUT2D eigenvalue weighted by Crippen LogP contribution is 2.34. The van der Waals surface area contributed by atoms with Gasteiger partial charge in [-0.3, -0.25) is 0 Å². The summed E-state index contributed by atoms with van der Waals surface area (Å²) < 4.78 is 6.14. The maximum Gasteiger partial charge on any atom is 0.371 e. The van der Waals surface area contributed by atoms with Gasteiger partial charge in [-0.25, -0.2) is 0 Å². The molecule has 0 radical (unpaired) electrons. The lowest BCUT2D eigenvalue weighted by atomic mass is 9.92. The third-order valence-corrected chi connectivity index (χ3v) is 4.07. The van der Waals surface area contributed by atoms with Gasteiger partial charge in [-0.15, -0.1) is 5.01 Å². The average molecular weight is 320 g/mol. The van der Waals surface area contributed by atoms with Crippen molar-refractivity contribution in [3.05, 3.63) is 60.2 Å². The second-order valence-electron chi connectivity index (χ2n) is 5.86. The van der Waals surface area contributed by atoms with Crippen LogP contribution in [0, 0.1) is 0 Å². The molecule has 0 N–H and O–H groups in total. The number of hydrazone groups is 1. The molecule has 0 aliphatic carbocycles. The maximum absolute atomic E-state index is 6.14. The van der Waals surface area contributed by atoms with E-state index in [9.17, 15) is 0 Å². The Morgan fingerprint density at radius 3 is 2.62 bits per heavy atom. The van der Waals surface area contributed by atoms with E-state index in [0.717, 1.165) is 24.5 Å². The summed E-state index contributed by atoms with van der Waals surface area (Å²) in [6.07, 6.45) is 7.78. The van der Waals surface area contributed by atoms with Crippen molar-refractivity contribution in [2.24, 2.45) is 10.1 Å². The van der Waals surface area contributed by atoms with E-state index in [1.54, 1.807) is 6.34 Å². The number of aliphatic imine (C=N–C) groups is 1. The molecule has 0 spiro atoms. The Balaban J connectivity index is 1.83. The zero-order valence-electron chi connectivity index (χ0n) is 13.9. The highest BCUT2D eigenvalue weighted by Gasteiger charge is 2.22. The van der Waals surface area contributed by atoms with Crippen LogP contribution in [-0.4, -0.2) is 24.2 Å². The zero-order valence-corrected chi connectivity index (χ0v) is 13.9. The van der Waals surface area contributed by atoms with Crippen LogP contribution in [0.2, 0.25) is 0 Å². The molecule has 0 aromatic heterocycles. The van der Waals surface area contributed by atoms with Crippen molar-refractivity contribution in [2.75, 3.05) is 6.54 Å². The number of nitrogens with zero attached hydrogens (tertiary/aromatic N) is 3. The van der Waals surface area contributed by atoms with E-state index in [4.69, 9.17) is 4.74 Å². The standard InChI is InChI=1S/C20H22N3O/c1-2-3-9-17(14-23-16-21-15-22-23)19-12-7-8-13-20(19)24-18-10-5-4-6-11-18/h4-8,10-13,16-17H,2-3,9,14H2,1H3/q+1. The summed E-state index contributed by atoms with van der Waals surface area (Å²) in [6.45, 7) is 3.00. The van der Waals surface area contributed by atoms with Crippen LogP contribution in [0.4, 0.5) is 0 Å². The highest BCUT2D eigenvalue weighted by atomic mass is 16.5. The van der Waals surface area contributed by atoms with Crippen LogP contribution in [0.1, 0.15) is 37.7 Å². The summed E-state index contributed by atoms with van der Waals surface area (Å²) in [5, 5.41) is 5.99. The Bertz CT molecular complexity index is 685. The van der Waals surface area contributed by atoms with Crippen molar-refractivity contribution >= 4 is 12.7 Å². The third-order valence-electron chi connectivity index (χ3n) is 4.07. The van der Waals surface area contributed by atoms with Gasteiger partial charge in [0, 0.05) is 16.0 Å². The largest absolute Gasteiger partial charge is 0.457 e. The summed E-state index contributed by atoms with van der Waals surface area (Å²) in [4.78, 5) is 3.93. The summed E-state index contributed by atoms with van der Waals surface area (Å²) in [5.41, 5.74) is 1.21. The molecule has 1 aliphatic heterocycles. The van der Waals surface area contributed by atoms with E-state index in [2.05, 4.69) is 35.5 Å². The molecular formula is C20H22N3O+. The monoisotopic (exact) mass is 320 g/mol. The molecule has 1 unspecified atom stereocenters. The minimum absolute atomic E-state index is 0.333. The van der Waals surface area contributed by atoms with Crippen LogP contribution in [0.15, 0.2) is 64.7 Å². The molecule has 4 heteroatoms. The Morgan fingerprint density at radius 1 is 1.08 bits per heavy atom. The van der Waals surface area contributed by atoms with Crippen LogP contribution in [0.25, 0.3) is 0 Å². The quantitative estimate of drug-likeness (QED) is 0.648. The fraction of sp³-hybridized carbons (Fsp3) is 0.300. The van der Waals surface area contributed by atoms with E-state index < -0.39 is 0 Å². The number of ether oxygens (including phenoxy) is 1. The van der Waals surface area contributed by atoms with Crippen LogP contribution in [-0.2, 0) is 0 Å². The summed E-state index contributed by atoms with van der Waals surface area (Å²) in [5.74, 6) is 2.10. The van der Waals surface area contributed by atoms with Crippen molar-refractivity contribution in [2.45, 2.75) is 32.1 Å². The first-order chi connectivity index (χ1) is 11.9. The number of hydrogen-bond acceptors (Lipinski definition) is 4. The zero-order chi connectivity index (χ0) is 16.6. The fourth-order valence-corrected chi connectivity index (χ4v) is 2.84. The predicted molar refractivity (Wildman–Crippen MR) is 97.9 cm³/mol. The lowest BCUT2D eigenvalue weighted by molar-refractivity contribution is 0.392. The Morgan fingerprint density at radius 2 is 1.88 bits per heavy atom. The smallest absolute Gasteiger partial charge is 0.371 e. The molecule has 122 valence electrons. The lowest BCUT2D eigenvalue weighted by Crippen LogP contribution is -2.21. The van der Waals surface area contributed by atoms with Gasteiger partial charge in [-0.05, 0) is 30.2 Å². The molecule has 0 bridgehead atoms. The molecule has 0 fully saturated rings. The number of hydrogen-bond donors (Lipinski definition) is 0. The SMILES string of the molecule is CCCCC(CN1C=N[C+]=N1)c1ccccc1Oc1ccccc1. The molecule has 3 rings (SSSR count). The molecule has 24 heavy (non-hydrogen) atoms. The lowest BCUT2D eigenvalue weighted by Gasteiger charge is -2.21. The van der Waals surface area contributed by atoms with Gasteiger partial charge < -0.3 is 4.74 Å².